The molecule has 0 aliphatic rings. The number of carbonyl (C=O) groups is 1. The molecule has 0 fully saturated rings. The van der Waals surface area contributed by atoms with Crippen LogP contribution in [0.2, 0.25) is 10.0 Å². The van der Waals surface area contributed by atoms with Gasteiger partial charge in [-0.1, -0.05) is 29.3 Å². The van der Waals surface area contributed by atoms with Crippen molar-refractivity contribution in [2.24, 2.45) is 0 Å². The van der Waals surface area contributed by atoms with Crippen molar-refractivity contribution in [3.63, 3.8) is 0 Å². The Morgan fingerprint density at radius 2 is 2.00 bits per heavy atom. The van der Waals surface area contributed by atoms with E-state index in [9.17, 15) is 18.0 Å². The number of nitrogens with zero attached hydrogens (tertiary/aromatic N) is 3. The van der Waals surface area contributed by atoms with Crippen LogP contribution in [-0.2, 0) is 17.5 Å². The molecule has 2 aromatic heterocycles. The number of pyridine rings is 1. The number of halogens is 5. The molecule has 3 aromatic rings. The minimum atomic E-state index is -4.58. The van der Waals surface area contributed by atoms with Gasteiger partial charge in [0, 0.05) is 16.2 Å². The van der Waals surface area contributed by atoms with Crippen LogP contribution in [0.5, 0.6) is 0 Å². The van der Waals surface area contributed by atoms with E-state index in [1.165, 1.54) is 10.7 Å². The van der Waals surface area contributed by atoms with Gasteiger partial charge in [-0.25, -0.2) is 4.79 Å². The van der Waals surface area contributed by atoms with Crippen LogP contribution >= 0.6 is 23.2 Å². The molecule has 0 radical (unpaired) electrons. The second-order valence-corrected chi connectivity index (χ2v) is 6.17. The van der Waals surface area contributed by atoms with E-state index in [1.807, 2.05) is 0 Å². The van der Waals surface area contributed by atoms with Crippen LogP contribution in [-0.4, -0.2) is 27.8 Å². The molecule has 0 bridgehead atoms. The Morgan fingerprint density at radius 1 is 1.27 bits per heavy atom. The zero-order valence-electron chi connectivity index (χ0n) is 13.1. The van der Waals surface area contributed by atoms with Gasteiger partial charge < -0.3 is 4.74 Å². The molecule has 0 aliphatic heterocycles. The first-order valence-corrected chi connectivity index (χ1v) is 7.92. The van der Waals surface area contributed by atoms with Crippen LogP contribution < -0.4 is 0 Å². The Morgan fingerprint density at radius 3 is 2.62 bits per heavy atom. The molecule has 136 valence electrons. The maximum Gasteiger partial charge on any atom is 0.417 e. The molecule has 10 heteroatoms. The Hall–Kier alpha value is -2.32. The lowest BCUT2D eigenvalue weighted by Crippen LogP contribution is -2.07. The minimum Gasteiger partial charge on any atom is -0.464 e. The Labute approximate surface area is 155 Å². The Bertz CT molecular complexity index is 1000. The predicted molar refractivity (Wildman–Crippen MR) is 89.4 cm³/mol. The SMILES string of the molecule is COC(=O)c1nn(Cc2ccc(Cl)cc2Cl)c2cc(C(F)(F)F)cnc12. The zero-order chi connectivity index (χ0) is 19.1. The molecule has 0 atom stereocenters. The third-order valence-electron chi connectivity index (χ3n) is 3.63. The summed E-state index contributed by atoms with van der Waals surface area (Å²) < 4.78 is 44.9. The van der Waals surface area contributed by atoms with Gasteiger partial charge in [-0.3, -0.25) is 9.67 Å². The molecule has 1 aromatic carbocycles. The molecular formula is C16H10Cl2F3N3O2. The highest BCUT2D eigenvalue weighted by Crippen LogP contribution is 2.32. The van der Waals surface area contributed by atoms with Crippen molar-refractivity contribution in [1.29, 1.82) is 0 Å². The van der Waals surface area contributed by atoms with Crippen LogP contribution in [0.4, 0.5) is 13.2 Å². The second-order valence-electron chi connectivity index (χ2n) is 5.32. The van der Waals surface area contributed by atoms with Gasteiger partial charge in [0.1, 0.15) is 5.52 Å². The number of ether oxygens (including phenoxy) is 1. The number of benzene rings is 1. The van der Waals surface area contributed by atoms with Crippen LogP contribution in [0, 0.1) is 0 Å². The second kappa shape index (κ2) is 6.77. The van der Waals surface area contributed by atoms with Gasteiger partial charge in [-0.05, 0) is 23.8 Å². The standard InChI is InChI=1S/C16H10Cl2F3N3O2/c1-26-15(25)14-13-12(4-9(6-22-13)16(19,20)21)24(23-14)7-8-2-3-10(17)5-11(8)18/h2-6H,7H2,1H3. The lowest BCUT2D eigenvalue weighted by molar-refractivity contribution is -0.137. The number of fused-ring (bicyclic) bond motifs is 1. The molecule has 2 heterocycles. The lowest BCUT2D eigenvalue weighted by Gasteiger charge is -2.08. The molecule has 0 amide bonds. The van der Waals surface area contributed by atoms with Gasteiger partial charge in [0.05, 0.1) is 24.7 Å². The normalized spacial score (nSPS) is 11.8. The van der Waals surface area contributed by atoms with Crippen molar-refractivity contribution < 1.29 is 22.7 Å². The summed E-state index contributed by atoms with van der Waals surface area (Å²) in [6.07, 6.45) is -3.93. The molecule has 0 aliphatic carbocycles. The summed E-state index contributed by atoms with van der Waals surface area (Å²) in [4.78, 5) is 15.6. The van der Waals surface area contributed by atoms with Gasteiger partial charge in [0.25, 0.3) is 0 Å². The Balaban J connectivity index is 2.17. The lowest BCUT2D eigenvalue weighted by atomic mass is 10.2. The first-order valence-electron chi connectivity index (χ1n) is 7.16. The highest BCUT2D eigenvalue weighted by atomic mass is 35.5. The molecule has 5 nitrogen and oxygen atoms in total. The van der Waals surface area contributed by atoms with Crippen molar-refractivity contribution in [2.45, 2.75) is 12.7 Å². The molecule has 3 rings (SSSR count). The van der Waals surface area contributed by atoms with Gasteiger partial charge in [-0.15, -0.1) is 0 Å². The molecule has 0 spiro atoms. The first kappa shape index (κ1) is 18.5. The Kier molecular flexibility index (Phi) is 4.81. The van der Waals surface area contributed by atoms with Crippen LogP contribution in [0.3, 0.4) is 0 Å². The summed E-state index contributed by atoms with van der Waals surface area (Å²) in [6.45, 7) is 0.0203. The number of hydrogen-bond acceptors (Lipinski definition) is 4. The van der Waals surface area contributed by atoms with Crippen LogP contribution in [0.25, 0.3) is 11.0 Å². The summed E-state index contributed by atoms with van der Waals surface area (Å²) in [5.74, 6) is -0.803. The van der Waals surface area contributed by atoms with E-state index >= 15 is 0 Å². The van der Waals surface area contributed by atoms with Crippen molar-refractivity contribution >= 4 is 40.2 Å². The fourth-order valence-corrected chi connectivity index (χ4v) is 2.84. The summed E-state index contributed by atoms with van der Waals surface area (Å²) in [7, 11) is 1.15. The number of aromatic nitrogens is 3. The highest BCUT2D eigenvalue weighted by Gasteiger charge is 2.32. The zero-order valence-corrected chi connectivity index (χ0v) is 14.7. The molecule has 26 heavy (non-hydrogen) atoms. The van der Waals surface area contributed by atoms with Crippen LogP contribution in [0.15, 0.2) is 30.5 Å². The number of methoxy groups -OCH3 is 1. The largest absolute Gasteiger partial charge is 0.464 e. The van der Waals surface area contributed by atoms with E-state index in [-0.39, 0.29) is 23.3 Å². The number of hydrogen-bond donors (Lipinski definition) is 0. The third kappa shape index (κ3) is 3.47. The molecule has 0 N–H and O–H groups in total. The third-order valence-corrected chi connectivity index (χ3v) is 4.22. The average molecular weight is 404 g/mol. The summed E-state index contributed by atoms with van der Waals surface area (Å²) in [5, 5.41) is 4.80. The summed E-state index contributed by atoms with van der Waals surface area (Å²) in [6, 6.07) is 5.60. The summed E-state index contributed by atoms with van der Waals surface area (Å²) in [5.41, 5.74) is -0.526. The van der Waals surface area contributed by atoms with E-state index in [0.717, 1.165) is 13.2 Å². The first-order chi connectivity index (χ1) is 12.2. The van der Waals surface area contributed by atoms with Crippen molar-refractivity contribution in [1.82, 2.24) is 14.8 Å². The quantitative estimate of drug-likeness (QED) is 0.600. The monoisotopic (exact) mass is 403 g/mol. The fraction of sp³-hybridized carbons (Fsp3) is 0.188. The predicted octanol–water partition coefficient (Wildman–Crippen LogP) is 4.59. The summed E-state index contributed by atoms with van der Waals surface area (Å²) >= 11 is 12.0. The fourth-order valence-electron chi connectivity index (χ4n) is 2.38. The van der Waals surface area contributed by atoms with E-state index in [4.69, 9.17) is 23.2 Å². The number of alkyl halides is 3. The van der Waals surface area contributed by atoms with Crippen molar-refractivity contribution in [2.75, 3.05) is 7.11 Å². The molecule has 0 saturated carbocycles. The number of esters is 1. The topological polar surface area (TPSA) is 57.0 Å². The smallest absolute Gasteiger partial charge is 0.417 e. The number of rotatable bonds is 3. The van der Waals surface area contributed by atoms with E-state index < -0.39 is 17.7 Å². The van der Waals surface area contributed by atoms with E-state index in [2.05, 4.69) is 14.8 Å². The minimum absolute atomic E-state index is 0.00920. The van der Waals surface area contributed by atoms with Gasteiger partial charge >= 0.3 is 12.1 Å². The van der Waals surface area contributed by atoms with Gasteiger partial charge in [0.15, 0.2) is 5.69 Å². The van der Waals surface area contributed by atoms with Gasteiger partial charge in [0.2, 0.25) is 0 Å². The van der Waals surface area contributed by atoms with Gasteiger partial charge in [-0.2, -0.15) is 18.3 Å². The van der Waals surface area contributed by atoms with E-state index in [1.54, 1.807) is 12.1 Å². The molecule has 0 unspecified atom stereocenters. The maximum absolute atomic E-state index is 13.0. The average Bonchev–Trinajstić information content (AvgIpc) is 2.94. The van der Waals surface area contributed by atoms with Crippen molar-refractivity contribution in [3.8, 4) is 0 Å². The highest BCUT2D eigenvalue weighted by molar-refractivity contribution is 6.35. The number of carbonyl (C=O) groups excluding carboxylic acids is 1. The van der Waals surface area contributed by atoms with E-state index in [0.29, 0.717) is 21.8 Å². The molecule has 0 saturated heterocycles. The molecular weight excluding hydrogens is 394 g/mol. The maximum atomic E-state index is 13.0. The van der Waals surface area contributed by atoms with Crippen LogP contribution in [0.1, 0.15) is 21.6 Å². The van der Waals surface area contributed by atoms with Crippen molar-refractivity contribution in [3.05, 3.63) is 57.3 Å².